The van der Waals surface area contributed by atoms with Crippen molar-refractivity contribution in [1.82, 2.24) is 4.98 Å². The van der Waals surface area contributed by atoms with Crippen LogP contribution in [-0.2, 0) is 4.74 Å². The van der Waals surface area contributed by atoms with Crippen LogP contribution >= 0.6 is 0 Å². The fraction of sp³-hybridized carbons (Fsp3) is 0.333. The minimum absolute atomic E-state index is 0.302. The maximum Gasteiger partial charge on any atom is 0.339 e. The molecule has 0 atom stereocenters. The number of ether oxygens (including phenoxy) is 1. The van der Waals surface area contributed by atoms with E-state index in [-0.39, 0.29) is 5.97 Å². The SMILES string of the molecule is CCOC(=O)c1cnc2c(C)cc(C)cc2c1C. The summed E-state index contributed by atoms with van der Waals surface area (Å²) >= 11 is 0. The van der Waals surface area contributed by atoms with Crippen molar-refractivity contribution in [3.63, 3.8) is 0 Å². The van der Waals surface area contributed by atoms with Crippen molar-refractivity contribution in [2.45, 2.75) is 27.7 Å². The summed E-state index contributed by atoms with van der Waals surface area (Å²) in [5.41, 5.74) is 4.74. The number of nitrogens with zero attached hydrogens (tertiary/aromatic N) is 1. The molecule has 0 aliphatic carbocycles. The van der Waals surface area contributed by atoms with Crippen LogP contribution in [0.15, 0.2) is 18.3 Å². The summed E-state index contributed by atoms with van der Waals surface area (Å²) in [6.07, 6.45) is 1.61. The molecule has 18 heavy (non-hydrogen) atoms. The van der Waals surface area contributed by atoms with Crippen LogP contribution in [0.1, 0.15) is 34.0 Å². The number of carbonyl (C=O) groups excluding carboxylic acids is 1. The van der Waals surface area contributed by atoms with Crippen molar-refractivity contribution in [1.29, 1.82) is 0 Å². The van der Waals surface area contributed by atoms with E-state index in [1.807, 2.05) is 20.8 Å². The molecular formula is C15H17NO2. The van der Waals surface area contributed by atoms with Gasteiger partial charge in [0.2, 0.25) is 0 Å². The summed E-state index contributed by atoms with van der Waals surface area (Å²) in [5, 5.41) is 1.03. The number of hydrogen-bond donors (Lipinski definition) is 0. The molecule has 2 rings (SSSR count). The molecule has 0 amide bonds. The summed E-state index contributed by atoms with van der Waals surface area (Å²) in [7, 11) is 0. The normalized spacial score (nSPS) is 10.7. The Balaban J connectivity index is 2.67. The first kappa shape index (κ1) is 12.6. The van der Waals surface area contributed by atoms with E-state index in [9.17, 15) is 4.79 Å². The Bertz CT molecular complexity index is 617. The number of benzene rings is 1. The average Bonchev–Trinajstić information content (AvgIpc) is 2.30. The Kier molecular flexibility index (Phi) is 3.32. The largest absolute Gasteiger partial charge is 0.462 e. The lowest BCUT2D eigenvalue weighted by atomic mass is 10.0. The number of hydrogen-bond acceptors (Lipinski definition) is 3. The minimum atomic E-state index is -0.302. The number of fused-ring (bicyclic) bond motifs is 1. The fourth-order valence-corrected chi connectivity index (χ4v) is 2.20. The van der Waals surface area contributed by atoms with Gasteiger partial charge in [-0.1, -0.05) is 11.6 Å². The first-order valence-corrected chi connectivity index (χ1v) is 6.08. The summed E-state index contributed by atoms with van der Waals surface area (Å²) in [6.45, 7) is 8.20. The lowest BCUT2D eigenvalue weighted by molar-refractivity contribution is 0.0525. The van der Waals surface area contributed by atoms with Gasteiger partial charge in [-0.25, -0.2) is 4.79 Å². The molecule has 0 spiro atoms. The van der Waals surface area contributed by atoms with Crippen LogP contribution in [0.5, 0.6) is 0 Å². The molecule has 0 N–H and O–H groups in total. The van der Waals surface area contributed by atoms with Gasteiger partial charge in [0.05, 0.1) is 17.7 Å². The van der Waals surface area contributed by atoms with Gasteiger partial charge in [-0.2, -0.15) is 0 Å². The second kappa shape index (κ2) is 4.77. The van der Waals surface area contributed by atoms with E-state index in [0.29, 0.717) is 12.2 Å². The van der Waals surface area contributed by atoms with Gasteiger partial charge in [-0.05, 0) is 44.9 Å². The molecule has 0 radical (unpaired) electrons. The predicted molar refractivity (Wildman–Crippen MR) is 71.9 cm³/mol. The zero-order valence-corrected chi connectivity index (χ0v) is 11.2. The maximum atomic E-state index is 11.8. The standard InChI is InChI=1S/C15H17NO2/c1-5-18-15(17)13-8-16-14-10(3)6-9(2)7-12(14)11(13)4/h6-8H,5H2,1-4H3. The number of carbonyl (C=O) groups is 1. The molecule has 0 saturated carbocycles. The molecule has 0 bridgehead atoms. The van der Waals surface area contributed by atoms with E-state index in [2.05, 4.69) is 17.1 Å². The lowest BCUT2D eigenvalue weighted by Crippen LogP contribution is -2.08. The van der Waals surface area contributed by atoms with Gasteiger partial charge in [-0.15, -0.1) is 0 Å². The quantitative estimate of drug-likeness (QED) is 0.759. The highest BCUT2D eigenvalue weighted by Gasteiger charge is 2.14. The van der Waals surface area contributed by atoms with Crippen molar-refractivity contribution >= 4 is 16.9 Å². The Hall–Kier alpha value is -1.90. The molecule has 3 nitrogen and oxygen atoms in total. The van der Waals surface area contributed by atoms with Crippen LogP contribution in [0.3, 0.4) is 0 Å². The molecule has 0 saturated heterocycles. The molecule has 0 unspecified atom stereocenters. The van der Waals surface area contributed by atoms with Gasteiger partial charge in [0.15, 0.2) is 0 Å². The minimum Gasteiger partial charge on any atom is -0.462 e. The van der Waals surface area contributed by atoms with Crippen molar-refractivity contribution in [2.75, 3.05) is 6.61 Å². The van der Waals surface area contributed by atoms with E-state index < -0.39 is 0 Å². The van der Waals surface area contributed by atoms with E-state index in [1.165, 1.54) is 5.56 Å². The number of aryl methyl sites for hydroxylation is 3. The van der Waals surface area contributed by atoms with Crippen LogP contribution in [0.25, 0.3) is 10.9 Å². The van der Waals surface area contributed by atoms with Crippen LogP contribution < -0.4 is 0 Å². The molecule has 2 aromatic rings. The van der Waals surface area contributed by atoms with E-state index in [1.54, 1.807) is 13.1 Å². The third kappa shape index (κ3) is 2.08. The third-order valence-electron chi connectivity index (χ3n) is 3.07. The zero-order valence-electron chi connectivity index (χ0n) is 11.2. The lowest BCUT2D eigenvalue weighted by Gasteiger charge is -2.10. The van der Waals surface area contributed by atoms with Gasteiger partial charge in [0, 0.05) is 11.6 Å². The van der Waals surface area contributed by atoms with Gasteiger partial charge in [0.1, 0.15) is 0 Å². The highest BCUT2D eigenvalue weighted by Crippen LogP contribution is 2.24. The molecule has 0 aliphatic heterocycles. The topological polar surface area (TPSA) is 39.2 Å². The van der Waals surface area contributed by atoms with E-state index >= 15 is 0 Å². The summed E-state index contributed by atoms with van der Waals surface area (Å²) in [6, 6.07) is 4.16. The summed E-state index contributed by atoms with van der Waals surface area (Å²) in [4.78, 5) is 16.2. The fourth-order valence-electron chi connectivity index (χ4n) is 2.20. The average molecular weight is 243 g/mol. The molecular weight excluding hydrogens is 226 g/mol. The van der Waals surface area contributed by atoms with Crippen molar-refractivity contribution in [3.8, 4) is 0 Å². The van der Waals surface area contributed by atoms with Gasteiger partial charge < -0.3 is 4.74 Å². The van der Waals surface area contributed by atoms with E-state index in [4.69, 9.17) is 4.74 Å². The van der Waals surface area contributed by atoms with Gasteiger partial charge in [-0.3, -0.25) is 4.98 Å². The number of aromatic nitrogens is 1. The molecule has 0 aliphatic rings. The third-order valence-corrected chi connectivity index (χ3v) is 3.07. The Morgan fingerprint density at radius 1 is 1.28 bits per heavy atom. The highest BCUT2D eigenvalue weighted by atomic mass is 16.5. The Morgan fingerprint density at radius 2 is 2.00 bits per heavy atom. The van der Waals surface area contributed by atoms with Gasteiger partial charge >= 0.3 is 5.97 Å². The second-order valence-electron chi connectivity index (χ2n) is 4.50. The van der Waals surface area contributed by atoms with Crippen LogP contribution in [-0.4, -0.2) is 17.6 Å². The Morgan fingerprint density at radius 3 is 2.67 bits per heavy atom. The van der Waals surface area contributed by atoms with E-state index in [0.717, 1.165) is 22.0 Å². The number of pyridine rings is 1. The molecule has 0 fully saturated rings. The summed E-state index contributed by atoms with van der Waals surface area (Å²) in [5.74, 6) is -0.302. The molecule has 94 valence electrons. The smallest absolute Gasteiger partial charge is 0.339 e. The number of esters is 1. The first-order valence-electron chi connectivity index (χ1n) is 6.08. The molecule has 1 aromatic carbocycles. The van der Waals surface area contributed by atoms with Crippen LogP contribution in [0, 0.1) is 20.8 Å². The Labute approximate surface area is 107 Å². The highest BCUT2D eigenvalue weighted by molar-refractivity contribution is 5.97. The van der Waals surface area contributed by atoms with Crippen molar-refractivity contribution < 1.29 is 9.53 Å². The molecule has 1 aromatic heterocycles. The monoisotopic (exact) mass is 243 g/mol. The van der Waals surface area contributed by atoms with Crippen molar-refractivity contribution in [3.05, 3.63) is 40.6 Å². The van der Waals surface area contributed by atoms with Crippen LogP contribution in [0.2, 0.25) is 0 Å². The first-order chi connectivity index (χ1) is 8.54. The summed E-state index contributed by atoms with van der Waals surface area (Å²) < 4.78 is 5.04. The van der Waals surface area contributed by atoms with Crippen LogP contribution in [0.4, 0.5) is 0 Å². The van der Waals surface area contributed by atoms with Gasteiger partial charge in [0.25, 0.3) is 0 Å². The maximum absolute atomic E-state index is 11.8. The number of rotatable bonds is 2. The van der Waals surface area contributed by atoms with Crippen molar-refractivity contribution in [2.24, 2.45) is 0 Å². The molecule has 3 heteroatoms. The predicted octanol–water partition coefficient (Wildman–Crippen LogP) is 3.34. The molecule has 1 heterocycles. The zero-order chi connectivity index (χ0) is 13.3. The second-order valence-corrected chi connectivity index (χ2v) is 4.50.